The van der Waals surface area contributed by atoms with Crippen LogP contribution in [0.2, 0.25) is 5.02 Å². The van der Waals surface area contributed by atoms with Crippen LogP contribution in [0.3, 0.4) is 0 Å². The first-order valence-electron chi connectivity index (χ1n) is 14.0. The Kier molecular flexibility index (Phi) is 7.80. The van der Waals surface area contributed by atoms with Crippen molar-refractivity contribution < 1.29 is 15.4 Å². The van der Waals surface area contributed by atoms with Gasteiger partial charge in [0.15, 0.2) is 11.9 Å². The number of hydrogen-bond donors (Lipinski definition) is 0. The third-order valence-electron chi connectivity index (χ3n) is 7.43. The van der Waals surface area contributed by atoms with Crippen molar-refractivity contribution in [3.8, 4) is 16.9 Å². The van der Waals surface area contributed by atoms with E-state index in [1.54, 1.807) is 29.2 Å². The van der Waals surface area contributed by atoms with E-state index >= 15 is 0 Å². The zero-order valence-corrected chi connectivity index (χ0v) is 24.2. The van der Waals surface area contributed by atoms with Gasteiger partial charge in [-0.3, -0.25) is 14.6 Å². The molecule has 1 atom stereocenters. The SMILES string of the molecule is [2H]C(=O)c1ccccc1-c1nc2c(cc1Cl)c(N1CCN(C(=O)C=C)C[C@@H]1C)nc(=O)n2-c1c(CF)ccnc1C(C)C. The molecule has 0 unspecified atom stereocenters. The molecule has 1 fully saturated rings. The minimum absolute atomic E-state index is 0.0877. The summed E-state index contributed by atoms with van der Waals surface area (Å²) in [7, 11) is 0. The minimum Gasteiger partial charge on any atom is -0.350 e. The molecule has 216 valence electrons. The summed E-state index contributed by atoms with van der Waals surface area (Å²) in [6, 6.07) is 9.36. The zero-order chi connectivity index (χ0) is 31.0. The summed E-state index contributed by atoms with van der Waals surface area (Å²) in [6.07, 6.45) is 1.85. The smallest absolute Gasteiger partial charge is 0.350 e. The van der Waals surface area contributed by atoms with Crippen molar-refractivity contribution in [1.82, 2.24) is 24.4 Å². The van der Waals surface area contributed by atoms with Crippen LogP contribution in [0, 0.1) is 0 Å². The van der Waals surface area contributed by atoms with Crippen molar-refractivity contribution in [2.75, 3.05) is 24.5 Å². The number of amides is 1. The van der Waals surface area contributed by atoms with Crippen molar-refractivity contribution in [2.45, 2.75) is 39.4 Å². The first kappa shape index (κ1) is 27.7. The molecule has 4 aromatic rings. The van der Waals surface area contributed by atoms with Gasteiger partial charge in [-0.1, -0.05) is 56.3 Å². The average Bonchev–Trinajstić information content (AvgIpc) is 2.99. The maximum Gasteiger partial charge on any atom is 0.355 e. The summed E-state index contributed by atoms with van der Waals surface area (Å²) in [5.41, 5.74) is 0.996. The Morgan fingerprint density at radius 2 is 2.02 bits per heavy atom. The number of benzene rings is 1. The van der Waals surface area contributed by atoms with Crippen LogP contribution in [-0.2, 0) is 11.5 Å². The van der Waals surface area contributed by atoms with Crippen LogP contribution < -0.4 is 10.6 Å². The lowest BCUT2D eigenvalue weighted by Gasteiger charge is -2.40. The van der Waals surface area contributed by atoms with Crippen LogP contribution in [0.15, 0.2) is 60.0 Å². The van der Waals surface area contributed by atoms with Gasteiger partial charge in [-0.15, -0.1) is 0 Å². The highest BCUT2D eigenvalue weighted by Crippen LogP contribution is 2.36. The third kappa shape index (κ3) is 5.07. The fourth-order valence-corrected chi connectivity index (χ4v) is 5.65. The molecule has 1 aliphatic rings. The Morgan fingerprint density at radius 1 is 1.26 bits per heavy atom. The number of aromatic nitrogens is 4. The molecule has 4 heterocycles. The number of piperazine rings is 1. The third-order valence-corrected chi connectivity index (χ3v) is 7.72. The van der Waals surface area contributed by atoms with Gasteiger partial charge in [0.2, 0.25) is 5.91 Å². The van der Waals surface area contributed by atoms with Gasteiger partial charge < -0.3 is 9.80 Å². The van der Waals surface area contributed by atoms with Gasteiger partial charge in [-0.2, -0.15) is 4.98 Å². The number of hydrogen-bond acceptors (Lipinski definition) is 7. The van der Waals surface area contributed by atoms with Crippen LogP contribution in [-0.4, -0.2) is 62.3 Å². The number of carbonyl (C=O) groups excluding carboxylic acids is 2. The molecule has 0 saturated carbocycles. The number of aldehydes is 1. The van der Waals surface area contributed by atoms with Gasteiger partial charge in [-0.05, 0) is 31.1 Å². The molecule has 1 aliphatic heterocycles. The lowest BCUT2D eigenvalue weighted by atomic mass is 10.0. The molecule has 0 aliphatic carbocycles. The Bertz CT molecular complexity index is 1830. The molecular formula is C31H30ClFN6O3. The first-order valence-corrected chi connectivity index (χ1v) is 13.9. The molecule has 3 aromatic heterocycles. The van der Waals surface area contributed by atoms with Gasteiger partial charge in [0, 0.05) is 48.6 Å². The number of carbonyl (C=O) groups is 2. The average molecular weight is 590 g/mol. The summed E-state index contributed by atoms with van der Waals surface area (Å²) >= 11 is 6.82. The Labute approximate surface area is 248 Å². The van der Waals surface area contributed by atoms with Crippen molar-refractivity contribution >= 4 is 40.6 Å². The molecular weight excluding hydrogens is 559 g/mol. The number of rotatable bonds is 7. The summed E-state index contributed by atoms with van der Waals surface area (Å²) in [4.78, 5) is 55.9. The van der Waals surface area contributed by atoms with Crippen LogP contribution in [0.1, 0.15) is 49.7 Å². The number of fused-ring (bicyclic) bond motifs is 1. The molecule has 1 aromatic carbocycles. The minimum atomic E-state index is -0.920. The summed E-state index contributed by atoms with van der Waals surface area (Å²) in [5.74, 6) is -0.0441. The number of anilines is 1. The van der Waals surface area contributed by atoms with E-state index in [2.05, 4.69) is 16.5 Å². The molecule has 0 bridgehead atoms. The molecule has 0 radical (unpaired) electrons. The number of nitrogens with zero attached hydrogens (tertiary/aromatic N) is 6. The number of pyridine rings is 2. The van der Waals surface area contributed by atoms with Crippen LogP contribution in [0.4, 0.5) is 10.2 Å². The monoisotopic (exact) mass is 589 g/mol. The molecule has 5 rings (SSSR count). The van der Waals surface area contributed by atoms with Gasteiger partial charge in [0.25, 0.3) is 0 Å². The topological polar surface area (TPSA) is 101 Å². The van der Waals surface area contributed by atoms with Crippen molar-refractivity contribution in [2.24, 2.45) is 0 Å². The summed E-state index contributed by atoms with van der Waals surface area (Å²) in [5, 5.41) is 0.588. The van der Waals surface area contributed by atoms with E-state index in [9.17, 15) is 18.8 Å². The maximum atomic E-state index is 14.4. The largest absolute Gasteiger partial charge is 0.355 e. The fraction of sp³-hybridized carbons (Fsp3) is 0.290. The Hall–Kier alpha value is -4.44. The van der Waals surface area contributed by atoms with E-state index in [1.165, 1.54) is 29.0 Å². The maximum absolute atomic E-state index is 14.4. The lowest BCUT2D eigenvalue weighted by Crippen LogP contribution is -2.54. The predicted molar refractivity (Wildman–Crippen MR) is 161 cm³/mol. The molecule has 42 heavy (non-hydrogen) atoms. The van der Waals surface area contributed by atoms with Crippen molar-refractivity contribution in [3.05, 3.63) is 87.6 Å². The number of halogens is 2. The first-order chi connectivity index (χ1) is 20.6. The molecule has 1 amide bonds. The summed E-state index contributed by atoms with van der Waals surface area (Å²) in [6.45, 7) is 9.54. The fourth-order valence-electron chi connectivity index (χ4n) is 5.40. The molecule has 9 nitrogen and oxygen atoms in total. The van der Waals surface area contributed by atoms with E-state index in [0.717, 1.165) is 0 Å². The second-order valence-electron chi connectivity index (χ2n) is 10.4. The zero-order valence-electron chi connectivity index (χ0n) is 24.5. The van der Waals surface area contributed by atoms with Crippen molar-refractivity contribution in [3.63, 3.8) is 0 Å². The van der Waals surface area contributed by atoms with Crippen LogP contribution in [0.25, 0.3) is 28.0 Å². The highest BCUT2D eigenvalue weighted by molar-refractivity contribution is 6.34. The molecule has 11 heteroatoms. The number of alkyl halides is 1. The lowest BCUT2D eigenvalue weighted by molar-refractivity contribution is -0.126. The standard InChI is InChI=1S/C31H30ClFN6O3/c1-5-25(41)37-12-13-38(19(4)16-37)29-23-14-24(32)27(22-9-7-6-8-21(22)17-40)35-30(23)39(31(42)36-29)28-20(15-33)10-11-34-26(28)18(2)3/h5-11,14,17-19H,1,12-13,15-16H2,2-4H3/t19-/m0/s1/i17D. The van der Waals surface area contributed by atoms with Gasteiger partial charge in [0.05, 0.1) is 27.5 Å². The predicted octanol–water partition coefficient (Wildman–Crippen LogP) is 5.12. The van der Waals surface area contributed by atoms with Gasteiger partial charge in [0.1, 0.15) is 13.9 Å². The Morgan fingerprint density at radius 3 is 2.69 bits per heavy atom. The second-order valence-corrected chi connectivity index (χ2v) is 10.8. The normalized spacial score (nSPS) is 15.7. The molecule has 0 N–H and O–H groups in total. The van der Waals surface area contributed by atoms with Gasteiger partial charge >= 0.3 is 5.69 Å². The second kappa shape index (κ2) is 11.8. The van der Waals surface area contributed by atoms with Crippen molar-refractivity contribution in [1.29, 1.82) is 0 Å². The quantitative estimate of drug-likeness (QED) is 0.218. The van der Waals surface area contributed by atoms with E-state index < -0.39 is 18.6 Å². The molecule has 1 saturated heterocycles. The van der Waals surface area contributed by atoms with Gasteiger partial charge in [-0.25, -0.2) is 18.7 Å². The summed E-state index contributed by atoms with van der Waals surface area (Å²) < 4.78 is 23.5. The molecule has 0 spiro atoms. The van der Waals surface area contributed by atoms with E-state index in [4.69, 9.17) is 18.0 Å². The van der Waals surface area contributed by atoms with Crippen LogP contribution >= 0.6 is 11.6 Å². The van der Waals surface area contributed by atoms with Crippen LogP contribution in [0.5, 0.6) is 0 Å². The van der Waals surface area contributed by atoms with E-state index in [-0.39, 0.29) is 51.0 Å². The highest BCUT2D eigenvalue weighted by atomic mass is 35.5. The van der Waals surface area contributed by atoms with E-state index in [0.29, 0.717) is 42.1 Å². The Balaban J connectivity index is 1.85. The highest BCUT2D eigenvalue weighted by Gasteiger charge is 2.30. The van der Waals surface area contributed by atoms with E-state index in [1.807, 2.05) is 25.7 Å².